The minimum atomic E-state index is -0.428. The van der Waals surface area contributed by atoms with Crippen molar-refractivity contribution in [1.82, 2.24) is 9.80 Å². The smallest absolute Gasteiger partial charge is 0.343 e. The second-order valence-electron chi connectivity index (χ2n) is 6.43. The van der Waals surface area contributed by atoms with Gasteiger partial charge in [0.1, 0.15) is 5.75 Å². The highest BCUT2D eigenvalue weighted by Gasteiger charge is 2.17. The molecular weight excluding hydrogens is 396 g/mol. The van der Waals surface area contributed by atoms with Crippen LogP contribution in [0.1, 0.15) is 20.7 Å². The predicted molar refractivity (Wildman–Crippen MR) is 104 cm³/mol. The normalized spacial score (nSPS) is 15.6. The van der Waals surface area contributed by atoms with Crippen molar-refractivity contribution in [3.63, 3.8) is 0 Å². The van der Waals surface area contributed by atoms with E-state index in [1.807, 2.05) is 6.07 Å². The van der Waals surface area contributed by atoms with E-state index in [0.717, 1.165) is 30.7 Å². The Morgan fingerprint density at radius 2 is 1.69 bits per heavy atom. The van der Waals surface area contributed by atoms with Gasteiger partial charge in [-0.25, -0.2) is 4.79 Å². The zero-order valence-electron chi connectivity index (χ0n) is 14.7. The Kier molecular flexibility index (Phi) is 6.19. The standard InChI is InChI=1S/C20H21BrN2O3/c1-22-9-11-23(12-10-22)14-19(24)15-5-7-18(8-6-15)26-20(25)16-3-2-4-17(21)13-16/h2-8,13H,9-12,14H2,1H3. The van der Waals surface area contributed by atoms with E-state index in [2.05, 4.69) is 32.8 Å². The molecular formula is C20H21BrN2O3. The van der Waals surface area contributed by atoms with Gasteiger partial charge in [-0.1, -0.05) is 22.0 Å². The van der Waals surface area contributed by atoms with Gasteiger partial charge in [0.2, 0.25) is 0 Å². The molecule has 1 heterocycles. The van der Waals surface area contributed by atoms with Crippen LogP contribution in [0.4, 0.5) is 0 Å². The number of nitrogens with zero attached hydrogens (tertiary/aromatic N) is 2. The minimum Gasteiger partial charge on any atom is -0.423 e. The number of piperazine rings is 1. The van der Waals surface area contributed by atoms with E-state index < -0.39 is 5.97 Å². The number of rotatable bonds is 5. The van der Waals surface area contributed by atoms with Crippen LogP contribution in [-0.2, 0) is 0 Å². The van der Waals surface area contributed by atoms with Crippen LogP contribution in [-0.4, -0.2) is 61.3 Å². The van der Waals surface area contributed by atoms with Gasteiger partial charge in [-0.15, -0.1) is 0 Å². The van der Waals surface area contributed by atoms with Gasteiger partial charge in [0.25, 0.3) is 0 Å². The number of hydrogen-bond donors (Lipinski definition) is 0. The fraction of sp³-hybridized carbons (Fsp3) is 0.300. The average Bonchev–Trinajstić information content (AvgIpc) is 2.64. The number of halogens is 1. The molecule has 136 valence electrons. The van der Waals surface area contributed by atoms with Gasteiger partial charge in [-0.2, -0.15) is 0 Å². The van der Waals surface area contributed by atoms with Gasteiger partial charge in [0, 0.05) is 36.2 Å². The molecule has 1 saturated heterocycles. The molecule has 5 nitrogen and oxygen atoms in total. The van der Waals surface area contributed by atoms with E-state index >= 15 is 0 Å². The Balaban J connectivity index is 1.57. The molecule has 26 heavy (non-hydrogen) atoms. The van der Waals surface area contributed by atoms with Gasteiger partial charge in [-0.05, 0) is 49.5 Å². The lowest BCUT2D eigenvalue weighted by molar-refractivity contribution is 0.0734. The Morgan fingerprint density at radius 1 is 1.00 bits per heavy atom. The van der Waals surface area contributed by atoms with Crippen LogP contribution in [0.15, 0.2) is 53.0 Å². The van der Waals surface area contributed by atoms with Gasteiger partial charge in [0.05, 0.1) is 12.1 Å². The maximum Gasteiger partial charge on any atom is 0.343 e. The Bertz CT molecular complexity index is 784. The second-order valence-corrected chi connectivity index (χ2v) is 7.34. The first-order valence-corrected chi connectivity index (χ1v) is 9.32. The first kappa shape index (κ1) is 18.8. The molecule has 0 N–H and O–H groups in total. The van der Waals surface area contributed by atoms with Crippen LogP contribution in [0.25, 0.3) is 0 Å². The van der Waals surface area contributed by atoms with Crippen molar-refractivity contribution in [2.75, 3.05) is 39.8 Å². The monoisotopic (exact) mass is 416 g/mol. The summed E-state index contributed by atoms with van der Waals surface area (Å²) in [6, 6.07) is 13.8. The Morgan fingerprint density at radius 3 is 2.35 bits per heavy atom. The first-order chi connectivity index (χ1) is 12.5. The molecule has 6 heteroatoms. The number of ketones is 1. The molecule has 2 aromatic rings. The zero-order chi connectivity index (χ0) is 18.5. The largest absolute Gasteiger partial charge is 0.423 e. The van der Waals surface area contributed by atoms with Gasteiger partial charge in [0.15, 0.2) is 5.78 Å². The van der Waals surface area contributed by atoms with Crippen molar-refractivity contribution in [1.29, 1.82) is 0 Å². The minimum absolute atomic E-state index is 0.0828. The second kappa shape index (κ2) is 8.58. The van der Waals surface area contributed by atoms with Crippen LogP contribution < -0.4 is 4.74 Å². The molecule has 0 atom stereocenters. The summed E-state index contributed by atoms with van der Waals surface area (Å²) in [4.78, 5) is 29.0. The maximum atomic E-state index is 12.4. The van der Waals surface area contributed by atoms with E-state index in [1.54, 1.807) is 42.5 Å². The lowest BCUT2D eigenvalue weighted by Gasteiger charge is -2.31. The summed E-state index contributed by atoms with van der Waals surface area (Å²) >= 11 is 3.33. The molecule has 1 aliphatic rings. The SMILES string of the molecule is CN1CCN(CC(=O)c2ccc(OC(=O)c3cccc(Br)c3)cc2)CC1. The summed E-state index contributed by atoms with van der Waals surface area (Å²) in [6.07, 6.45) is 0. The number of carbonyl (C=O) groups is 2. The van der Waals surface area contributed by atoms with E-state index in [0.29, 0.717) is 23.4 Å². The number of likely N-dealkylation sites (N-methyl/N-ethyl adjacent to an activating group) is 1. The molecule has 0 aliphatic carbocycles. The lowest BCUT2D eigenvalue weighted by Crippen LogP contribution is -2.46. The molecule has 1 fully saturated rings. The number of hydrogen-bond acceptors (Lipinski definition) is 5. The third kappa shape index (κ3) is 5.00. The van der Waals surface area contributed by atoms with E-state index in [1.165, 1.54) is 0 Å². The summed E-state index contributed by atoms with van der Waals surface area (Å²) in [6.45, 7) is 4.20. The molecule has 2 aromatic carbocycles. The molecule has 0 aromatic heterocycles. The molecule has 0 radical (unpaired) electrons. The summed E-state index contributed by atoms with van der Waals surface area (Å²) in [5, 5.41) is 0. The van der Waals surface area contributed by atoms with Crippen molar-refractivity contribution in [3.05, 3.63) is 64.1 Å². The quantitative estimate of drug-likeness (QED) is 0.425. The summed E-state index contributed by atoms with van der Waals surface area (Å²) in [7, 11) is 2.09. The number of ether oxygens (including phenoxy) is 1. The highest BCUT2D eigenvalue weighted by Crippen LogP contribution is 2.17. The molecule has 0 unspecified atom stereocenters. The molecule has 0 bridgehead atoms. The topological polar surface area (TPSA) is 49.9 Å². The Hall–Kier alpha value is -2.02. The van der Waals surface area contributed by atoms with Crippen molar-refractivity contribution in [2.24, 2.45) is 0 Å². The number of benzene rings is 2. The first-order valence-electron chi connectivity index (χ1n) is 8.53. The molecule has 0 spiro atoms. The lowest BCUT2D eigenvalue weighted by atomic mass is 10.1. The fourth-order valence-electron chi connectivity index (χ4n) is 2.79. The number of Topliss-reactive ketones (excluding diaryl/α,β-unsaturated/α-hetero) is 1. The van der Waals surface area contributed by atoms with Crippen molar-refractivity contribution in [2.45, 2.75) is 0 Å². The van der Waals surface area contributed by atoms with Crippen LogP contribution in [0.3, 0.4) is 0 Å². The van der Waals surface area contributed by atoms with Crippen molar-refractivity contribution >= 4 is 27.7 Å². The molecule has 0 amide bonds. The van der Waals surface area contributed by atoms with Gasteiger partial charge >= 0.3 is 5.97 Å². The third-order valence-electron chi connectivity index (χ3n) is 4.41. The molecule has 3 rings (SSSR count). The summed E-state index contributed by atoms with van der Waals surface area (Å²) in [5.41, 5.74) is 1.10. The Labute approximate surface area is 161 Å². The van der Waals surface area contributed by atoms with Crippen molar-refractivity contribution in [3.8, 4) is 5.75 Å². The summed E-state index contributed by atoms with van der Waals surface area (Å²) in [5.74, 6) is 0.0772. The number of carbonyl (C=O) groups excluding carboxylic acids is 2. The van der Waals surface area contributed by atoms with Gasteiger partial charge < -0.3 is 9.64 Å². The summed E-state index contributed by atoms with van der Waals surface area (Å²) < 4.78 is 6.18. The zero-order valence-corrected chi connectivity index (χ0v) is 16.2. The predicted octanol–water partition coefficient (Wildman–Crippen LogP) is 3.10. The number of esters is 1. The average molecular weight is 417 g/mol. The van der Waals surface area contributed by atoms with E-state index in [-0.39, 0.29) is 5.78 Å². The van der Waals surface area contributed by atoms with E-state index in [4.69, 9.17) is 4.74 Å². The van der Waals surface area contributed by atoms with Crippen molar-refractivity contribution < 1.29 is 14.3 Å². The highest BCUT2D eigenvalue weighted by molar-refractivity contribution is 9.10. The van der Waals surface area contributed by atoms with E-state index in [9.17, 15) is 9.59 Å². The highest BCUT2D eigenvalue weighted by atomic mass is 79.9. The molecule has 1 aliphatic heterocycles. The van der Waals surface area contributed by atoms with Gasteiger partial charge in [-0.3, -0.25) is 9.69 Å². The van der Waals surface area contributed by atoms with Crippen LogP contribution in [0.2, 0.25) is 0 Å². The fourth-order valence-corrected chi connectivity index (χ4v) is 3.19. The van der Waals surface area contributed by atoms with Crippen LogP contribution in [0, 0.1) is 0 Å². The maximum absolute atomic E-state index is 12.4. The molecule has 0 saturated carbocycles. The van der Waals surface area contributed by atoms with Crippen LogP contribution in [0.5, 0.6) is 5.75 Å². The van der Waals surface area contributed by atoms with Crippen LogP contribution >= 0.6 is 15.9 Å². The third-order valence-corrected chi connectivity index (χ3v) is 4.90.